The van der Waals surface area contributed by atoms with Crippen LogP contribution in [0.15, 0.2) is 72.1 Å². The van der Waals surface area contributed by atoms with E-state index in [0.29, 0.717) is 19.4 Å². The molecule has 3 nitrogen and oxygen atoms in total. The quantitative estimate of drug-likeness (QED) is 0.670. The Morgan fingerprint density at radius 2 is 1.68 bits per heavy atom. The summed E-state index contributed by atoms with van der Waals surface area (Å²) in [6.45, 7) is 0.472. The smallest absolute Gasteiger partial charge is 0.224 e. The normalized spacial score (nSPS) is 11.9. The molecule has 0 bridgehead atoms. The maximum Gasteiger partial charge on any atom is 0.224 e. The van der Waals surface area contributed by atoms with Gasteiger partial charge in [0.05, 0.1) is 12.5 Å². The molecule has 0 aliphatic rings. The molecule has 1 heterocycles. The van der Waals surface area contributed by atoms with Crippen molar-refractivity contribution in [3.05, 3.63) is 82.6 Å². The van der Waals surface area contributed by atoms with Crippen LogP contribution in [0.2, 0.25) is 0 Å². The molecule has 128 valence electrons. The van der Waals surface area contributed by atoms with Crippen molar-refractivity contribution >= 4 is 17.2 Å². The number of carbonyl (C=O) groups is 1. The van der Waals surface area contributed by atoms with Gasteiger partial charge in [-0.1, -0.05) is 60.7 Å². The number of carbonyl (C=O) groups excluding carboxylic acids is 1. The predicted molar refractivity (Wildman–Crippen MR) is 102 cm³/mol. The van der Waals surface area contributed by atoms with Crippen molar-refractivity contribution in [2.75, 3.05) is 6.54 Å². The maximum absolute atomic E-state index is 12.0. The number of aliphatic hydroxyl groups is 1. The third kappa shape index (κ3) is 5.02. The first-order chi connectivity index (χ1) is 12.2. The molecule has 0 saturated heterocycles. The summed E-state index contributed by atoms with van der Waals surface area (Å²) in [7, 11) is 0. The molecule has 3 aromatic rings. The van der Waals surface area contributed by atoms with Crippen LogP contribution in [0.3, 0.4) is 0 Å². The van der Waals surface area contributed by atoms with Crippen LogP contribution < -0.4 is 5.32 Å². The van der Waals surface area contributed by atoms with E-state index in [4.69, 9.17) is 0 Å². The van der Waals surface area contributed by atoms with E-state index < -0.39 is 6.10 Å². The summed E-state index contributed by atoms with van der Waals surface area (Å²) < 4.78 is 0. The van der Waals surface area contributed by atoms with Crippen molar-refractivity contribution in [1.82, 2.24) is 5.32 Å². The lowest BCUT2D eigenvalue weighted by molar-refractivity contribution is -0.120. The lowest BCUT2D eigenvalue weighted by atomic mass is 10.0. The van der Waals surface area contributed by atoms with Gasteiger partial charge in [-0.3, -0.25) is 4.79 Å². The van der Waals surface area contributed by atoms with Crippen molar-refractivity contribution in [3.8, 4) is 11.1 Å². The molecular weight excluding hydrogens is 330 g/mol. The van der Waals surface area contributed by atoms with Crippen LogP contribution in [0, 0.1) is 0 Å². The Hall–Kier alpha value is -2.43. The highest BCUT2D eigenvalue weighted by Crippen LogP contribution is 2.21. The largest absolute Gasteiger partial charge is 0.388 e. The Balaban J connectivity index is 1.46. The summed E-state index contributed by atoms with van der Waals surface area (Å²) in [5.74, 6) is -0.0224. The van der Waals surface area contributed by atoms with Gasteiger partial charge in [-0.15, -0.1) is 11.3 Å². The molecule has 0 fully saturated rings. The zero-order valence-corrected chi connectivity index (χ0v) is 14.7. The molecule has 1 unspecified atom stereocenters. The molecule has 0 aliphatic heterocycles. The van der Waals surface area contributed by atoms with Gasteiger partial charge in [0.1, 0.15) is 0 Å². The molecule has 2 aromatic carbocycles. The fourth-order valence-corrected chi connectivity index (χ4v) is 3.41. The third-order valence-corrected chi connectivity index (χ3v) is 5.01. The number of rotatable bonds is 7. The fraction of sp³-hybridized carbons (Fsp3) is 0.190. The Bertz CT molecular complexity index is 783. The van der Waals surface area contributed by atoms with Crippen LogP contribution in [-0.4, -0.2) is 17.6 Å². The predicted octanol–water partition coefficient (Wildman–Crippen LogP) is 4.20. The first-order valence-electron chi connectivity index (χ1n) is 8.35. The first-order valence-corrected chi connectivity index (χ1v) is 9.23. The van der Waals surface area contributed by atoms with Crippen LogP contribution in [0.4, 0.5) is 0 Å². The van der Waals surface area contributed by atoms with E-state index in [-0.39, 0.29) is 5.91 Å². The van der Waals surface area contributed by atoms with Gasteiger partial charge < -0.3 is 10.4 Å². The second kappa shape index (κ2) is 8.60. The molecule has 3 rings (SSSR count). The highest BCUT2D eigenvalue weighted by atomic mass is 32.1. The first kappa shape index (κ1) is 17.4. The summed E-state index contributed by atoms with van der Waals surface area (Å²) in [6, 6.07) is 22.1. The maximum atomic E-state index is 12.0. The zero-order valence-electron chi connectivity index (χ0n) is 13.9. The molecule has 1 amide bonds. The van der Waals surface area contributed by atoms with Crippen LogP contribution in [0.1, 0.15) is 23.0 Å². The standard InChI is InChI=1S/C21H21NO2S/c23-19(20-7-4-14-25-20)12-13-22-21(24)15-16-8-10-18(11-9-16)17-5-2-1-3-6-17/h1-11,14,19,23H,12-13,15H2,(H,22,24). The summed E-state index contributed by atoms with van der Waals surface area (Å²) in [6.07, 6.45) is 0.370. The zero-order chi connectivity index (χ0) is 17.5. The van der Waals surface area contributed by atoms with Crippen LogP contribution in [0.5, 0.6) is 0 Å². The van der Waals surface area contributed by atoms with Crippen LogP contribution >= 0.6 is 11.3 Å². The topological polar surface area (TPSA) is 49.3 Å². The summed E-state index contributed by atoms with van der Waals surface area (Å²) >= 11 is 1.53. The molecular formula is C21H21NO2S. The molecule has 0 spiro atoms. The third-order valence-electron chi connectivity index (χ3n) is 4.04. The summed E-state index contributed by atoms with van der Waals surface area (Å²) in [4.78, 5) is 13.0. The second-order valence-corrected chi connectivity index (χ2v) is 6.89. The molecule has 1 atom stereocenters. The van der Waals surface area contributed by atoms with Gasteiger partial charge in [0.2, 0.25) is 5.91 Å². The van der Waals surface area contributed by atoms with E-state index in [1.807, 2.05) is 60.0 Å². The van der Waals surface area contributed by atoms with E-state index in [9.17, 15) is 9.90 Å². The second-order valence-electron chi connectivity index (χ2n) is 5.91. The van der Waals surface area contributed by atoms with Gasteiger partial charge in [-0.2, -0.15) is 0 Å². The summed E-state index contributed by atoms with van der Waals surface area (Å²) in [5, 5.41) is 14.8. The van der Waals surface area contributed by atoms with Gasteiger partial charge >= 0.3 is 0 Å². The average Bonchev–Trinajstić information content (AvgIpc) is 3.18. The van der Waals surface area contributed by atoms with Gasteiger partial charge in [0.25, 0.3) is 0 Å². The van der Waals surface area contributed by atoms with Crippen LogP contribution in [0.25, 0.3) is 11.1 Å². The van der Waals surface area contributed by atoms with E-state index in [2.05, 4.69) is 17.4 Å². The SMILES string of the molecule is O=C(Cc1ccc(-c2ccccc2)cc1)NCCC(O)c1cccs1. The van der Waals surface area contributed by atoms with Gasteiger partial charge in [-0.25, -0.2) is 0 Å². The molecule has 0 saturated carbocycles. The number of aliphatic hydroxyl groups excluding tert-OH is 1. The number of nitrogens with one attached hydrogen (secondary N) is 1. The lowest BCUT2D eigenvalue weighted by Gasteiger charge is -2.10. The molecule has 25 heavy (non-hydrogen) atoms. The van der Waals surface area contributed by atoms with Crippen molar-refractivity contribution in [3.63, 3.8) is 0 Å². The fourth-order valence-electron chi connectivity index (χ4n) is 2.66. The van der Waals surface area contributed by atoms with Crippen molar-refractivity contribution in [2.24, 2.45) is 0 Å². The minimum Gasteiger partial charge on any atom is -0.388 e. The van der Waals surface area contributed by atoms with Gasteiger partial charge in [-0.05, 0) is 34.6 Å². The highest BCUT2D eigenvalue weighted by Gasteiger charge is 2.09. The Morgan fingerprint density at radius 1 is 0.960 bits per heavy atom. The molecule has 2 N–H and O–H groups in total. The number of amides is 1. The van der Waals surface area contributed by atoms with Crippen molar-refractivity contribution in [1.29, 1.82) is 0 Å². The van der Waals surface area contributed by atoms with E-state index >= 15 is 0 Å². The van der Waals surface area contributed by atoms with E-state index in [0.717, 1.165) is 16.0 Å². The van der Waals surface area contributed by atoms with Crippen molar-refractivity contribution < 1.29 is 9.90 Å². The molecule has 0 aliphatic carbocycles. The number of benzene rings is 2. The van der Waals surface area contributed by atoms with E-state index in [1.54, 1.807) is 0 Å². The highest BCUT2D eigenvalue weighted by molar-refractivity contribution is 7.10. The van der Waals surface area contributed by atoms with Crippen molar-refractivity contribution in [2.45, 2.75) is 18.9 Å². The average molecular weight is 351 g/mol. The van der Waals surface area contributed by atoms with Crippen LogP contribution in [-0.2, 0) is 11.2 Å². The Morgan fingerprint density at radius 3 is 2.36 bits per heavy atom. The minimum absolute atomic E-state index is 0.0224. The number of thiophene rings is 1. The molecule has 0 radical (unpaired) electrons. The monoisotopic (exact) mass is 351 g/mol. The lowest BCUT2D eigenvalue weighted by Crippen LogP contribution is -2.27. The molecule has 1 aromatic heterocycles. The Labute approximate surface area is 152 Å². The van der Waals surface area contributed by atoms with Gasteiger partial charge in [0.15, 0.2) is 0 Å². The van der Waals surface area contributed by atoms with E-state index in [1.165, 1.54) is 16.9 Å². The number of hydrogen-bond acceptors (Lipinski definition) is 3. The minimum atomic E-state index is -0.509. The molecule has 4 heteroatoms. The summed E-state index contributed by atoms with van der Waals surface area (Å²) in [5.41, 5.74) is 3.29. The van der Waals surface area contributed by atoms with Gasteiger partial charge in [0, 0.05) is 11.4 Å². The Kier molecular flexibility index (Phi) is 5.99. The number of hydrogen-bond donors (Lipinski definition) is 2.